The fourth-order valence-electron chi connectivity index (χ4n) is 2.36. The van der Waals surface area contributed by atoms with Gasteiger partial charge in [0, 0.05) is 11.5 Å². The van der Waals surface area contributed by atoms with Crippen LogP contribution in [-0.4, -0.2) is 36.9 Å². The number of halogens is 2. The smallest absolute Gasteiger partial charge is 0.329 e. The number of aromatic nitrogens is 4. The van der Waals surface area contributed by atoms with Gasteiger partial charge in [-0.15, -0.1) is 0 Å². The van der Waals surface area contributed by atoms with Gasteiger partial charge in [0.05, 0.1) is 6.54 Å². The molecule has 0 bridgehead atoms. The average molecular weight is 474 g/mol. The van der Waals surface area contributed by atoms with Crippen LogP contribution in [-0.2, 0) is 13.6 Å². The van der Waals surface area contributed by atoms with Crippen molar-refractivity contribution in [3.63, 3.8) is 0 Å². The number of aliphatic hydroxyl groups is 1. The lowest BCUT2D eigenvalue weighted by Gasteiger charge is -2.14. The van der Waals surface area contributed by atoms with Gasteiger partial charge < -0.3 is 14.4 Å². The van der Waals surface area contributed by atoms with Crippen molar-refractivity contribution in [3.8, 4) is 5.75 Å². The first-order valence-corrected chi connectivity index (χ1v) is 8.87. The van der Waals surface area contributed by atoms with Crippen LogP contribution in [0.4, 0.5) is 0 Å². The number of nitrogens with one attached hydrogen (secondary N) is 1. The Kier molecular flexibility index (Phi) is 5.11. The first-order valence-electron chi connectivity index (χ1n) is 7.28. The molecule has 3 aromatic rings. The van der Waals surface area contributed by atoms with Gasteiger partial charge in [0.25, 0.3) is 5.56 Å². The normalized spacial score (nSPS) is 12.5. The van der Waals surface area contributed by atoms with Crippen LogP contribution in [0.5, 0.6) is 5.75 Å². The molecular weight excluding hydrogens is 460 g/mol. The second-order valence-electron chi connectivity index (χ2n) is 5.40. The Labute approximate surface area is 158 Å². The zero-order chi connectivity index (χ0) is 18.1. The number of fused-ring (bicyclic) bond motifs is 1. The minimum Gasteiger partial charge on any atom is -0.491 e. The molecule has 0 saturated carbocycles. The Balaban J connectivity index is 1.81. The molecule has 0 spiro atoms. The molecule has 0 aliphatic rings. The average Bonchev–Trinajstić information content (AvgIpc) is 2.89. The van der Waals surface area contributed by atoms with E-state index in [-0.39, 0.29) is 24.3 Å². The fraction of sp³-hybridized carbons (Fsp3) is 0.267. The third-order valence-electron chi connectivity index (χ3n) is 3.61. The van der Waals surface area contributed by atoms with Gasteiger partial charge in [0.15, 0.2) is 15.9 Å². The first kappa shape index (κ1) is 17.9. The Morgan fingerprint density at radius 3 is 2.64 bits per heavy atom. The summed E-state index contributed by atoms with van der Waals surface area (Å²) in [6, 6.07) is 7.23. The number of hydrogen-bond donors (Lipinski definition) is 2. The van der Waals surface area contributed by atoms with E-state index in [1.165, 1.54) is 16.2 Å². The van der Waals surface area contributed by atoms with E-state index in [2.05, 4.69) is 41.8 Å². The summed E-state index contributed by atoms with van der Waals surface area (Å²) in [6.07, 6.45) is -0.881. The predicted octanol–water partition coefficient (Wildman–Crippen LogP) is 1.39. The summed E-state index contributed by atoms with van der Waals surface area (Å²) >= 11 is 6.60. The Hall–Kier alpha value is -1.91. The largest absolute Gasteiger partial charge is 0.491 e. The number of nitrogens with zero attached hydrogens (tertiary/aromatic N) is 3. The van der Waals surface area contributed by atoms with Gasteiger partial charge in [0.1, 0.15) is 18.5 Å². The van der Waals surface area contributed by atoms with Gasteiger partial charge in [0.2, 0.25) is 0 Å². The Morgan fingerprint density at radius 1 is 1.28 bits per heavy atom. The summed E-state index contributed by atoms with van der Waals surface area (Å²) in [4.78, 5) is 30.2. The number of H-pyrrole nitrogens is 1. The Bertz CT molecular complexity index is 1020. The summed E-state index contributed by atoms with van der Waals surface area (Å²) in [5.74, 6) is 0.622. The quantitative estimate of drug-likeness (QED) is 0.545. The predicted molar refractivity (Wildman–Crippen MR) is 98.9 cm³/mol. The van der Waals surface area contributed by atoms with E-state index in [0.717, 1.165) is 4.47 Å². The summed E-state index contributed by atoms with van der Waals surface area (Å²) in [5, 5.41) is 10.3. The maximum Gasteiger partial charge on any atom is 0.329 e. The molecule has 2 heterocycles. The van der Waals surface area contributed by atoms with Crippen LogP contribution in [0.2, 0.25) is 0 Å². The number of aryl methyl sites for hydroxylation is 1. The lowest BCUT2D eigenvalue weighted by molar-refractivity contribution is 0.0928. The highest BCUT2D eigenvalue weighted by Crippen LogP contribution is 2.18. The van der Waals surface area contributed by atoms with Crippen molar-refractivity contribution >= 4 is 43.0 Å². The van der Waals surface area contributed by atoms with Gasteiger partial charge in [-0.25, -0.2) is 9.78 Å². The van der Waals surface area contributed by atoms with Crippen molar-refractivity contribution in [1.82, 2.24) is 19.1 Å². The molecule has 0 aliphatic heterocycles. The summed E-state index contributed by atoms with van der Waals surface area (Å²) in [5.41, 5.74) is -0.663. The van der Waals surface area contributed by atoms with E-state index in [9.17, 15) is 14.7 Å². The molecule has 1 atom stereocenters. The maximum atomic E-state index is 12.1. The first-order chi connectivity index (χ1) is 11.9. The van der Waals surface area contributed by atoms with Crippen molar-refractivity contribution < 1.29 is 9.84 Å². The van der Waals surface area contributed by atoms with Crippen LogP contribution >= 0.6 is 31.9 Å². The number of rotatable bonds is 5. The van der Waals surface area contributed by atoms with E-state index in [4.69, 9.17) is 4.74 Å². The van der Waals surface area contributed by atoms with E-state index in [1.807, 2.05) is 12.1 Å². The minimum atomic E-state index is -0.881. The molecule has 0 radical (unpaired) electrons. The second kappa shape index (κ2) is 7.14. The highest BCUT2D eigenvalue weighted by Gasteiger charge is 2.18. The lowest BCUT2D eigenvalue weighted by atomic mass is 10.3. The van der Waals surface area contributed by atoms with Crippen LogP contribution in [0.1, 0.15) is 0 Å². The van der Waals surface area contributed by atoms with Crippen LogP contribution in [0.15, 0.2) is 43.1 Å². The van der Waals surface area contributed by atoms with Gasteiger partial charge >= 0.3 is 5.69 Å². The summed E-state index contributed by atoms with van der Waals surface area (Å²) in [7, 11) is 1.51. The molecule has 132 valence electrons. The van der Waals surface area contributed by atoms with Gasteiger partial charge in [-0.1, -0.05) is 15.9 Å². The molecule has 10 heteroatoms. The van der Waals surface area contributed by atoms with E-state index in [0.29, 0.717) is 10.5 Å². The van der Waals surface area contributed by atoms with E-state index < -0.39 is 17.4 Å². The fourth-order valence-corrected chi connectivity index (χ4v) is 3.12. The molecule has 2 N–H and O–H groups in total. The third kappa shape index (κ3) is 3.70. The molecule has 1 aromatic carbocycles. The topological polar surface area (TPSA) is 102 Å². The van der Waals surface area contributed by atoms with Crippen LogP contribution in [0, 0.1) is 0 Å². The van der Waals surface area contributed by atoms with Gasteiger partial charge in [-0.2, -0.15) is 0 Å². The highest BCUT2D eigenvalue weighted by atomic mass is 79.9. The van der Waals surface area contributed by atoms with Gasteiger partial charge in [-0.3, -0.25) is 14.3 Å². The lowest BCUT2D eigenvalue weighted by Crippen LogP contribution is -2.30. The molecule has 0 saturated heterocycles. The SMILES string of the molecule is Cn1c(=O)[nH]c(=O)c2c1nc(Br)n2C[C@H](O)COc1ccc(Br)cc1. The number of aromatic amines is 1. The van der Waals surface area contributed by atoms with Crippen LogP contribution in [0.25, 0.3) is 11.2 Å². The number of imidazole rings is 1. The number of ether oxygens (including phenoxy) is 1. The molecule has 0 unspecified atom stereocenters. The zero-order valence-corrected chi connectivity index (χ0v) is 16.2. The number of benzene rings is 1. The molecule has 2 aromatic heterocycles. The minimum absolute atomic E-state index is 0.0391. The standard InChI is InChI=1S/C15H14Br2N4O4/c1-20-12-11(13(23)19-15(20)24)21(14(17)18-12)6-9(22)7-25-10-4-2-8(16)3-5-10/h2-5,9,22H,6-7H2,1H3,(H,19,23,24)/t9-/m0/s1. The second-order valence-corrected chi connectivity index (χ2v) is 7.03. The summed E-state index contributed by atoms with van der Waals surface area (Å²) in [6.45, 7) is 0.117. The van der Waals surface area contributed by atoms with Crippen molar-refractivity contribution in [3.05, 3.63) is 54.3 Å². The molecule has 3 rings (SSSR count). The third-order valence-corrected chi connectivity index (χ3v) is 4.74. The maximum absolute atomic E-state index is 12.1. The van der Waals surface area contributed by atoms with E-state index in [1.54, 1.807) is 12.1 Å². The molecule has 8 nitrogen and oxygen atoms in total. The molecular formula is C15H14Br2N4O4. The van der Waals surface area contributed by atoms with Crippen molar-refractivity contribution in [2.24, 2.45) is 7.05 Å². The monoisotopic (exact) mass is 472 g/mol. The number of hydrogen-bond acceptors (Lipinski definition) is 5. The Morgan fingerprint density at radius 2 is 1.96 bits per heavy atom. The molecule has 0 fully saturated rings. The van der Waals surface area contributed by atoms with E-state index >= 15 is 0 Å². The zero-order valence-electron chi connectivity index (χ0n) is 13.1. The number of aliphatic hydroxyl groups excluding tert-OH is 1. The van der Waals surface area contributed by atoms with Crippen LogP contribution < -0.4 is 16.0 Å². The van der Waals surface area contributed by atoms with Crippen molar-refractivity contribution in [2.45, 2.75) is 12.6 Å². The van der Waals surface area contributed by atoms with Crippen LogP contribution in [0.3, 0.4) is 0 Å². The van der Waals surface area contributed by atoms with Crippen molar-refractivity contribution in [1.29, 1.82) is 0 Å². The molecule has 25 heavy (non-hydrogen) atoms. The molecule has 0 aliphatic carbocycles. The van der Waals surface area contributed by atoms with Crippen molar-refractivity contribution in [2.75, 3.05) is 6.61 Å². The molecule has 0 amide bonds. The summed E-state index contributed by atoms with van der Waals surface area (Å²) < 4.78 is 9.55. The van der Waals surface area contributed by atoms with Gasteiger partial charge in [-0.05, 0) is 40.2 Å². The highest BCUT2D eigenvalue weighted by molar-refractivity contribution is 9.10.